The Bertz CT molecular complexity index is 435. The number of hydrogen-bond acceptors (Lipinski definition) is 3. The lowest BCUT2D eigenvalue weighted by Gasteiger charge is -2.19. The van der Waals surface area contributed by atoms with Crippen LogP contribution in [-0.4, -0.2) is 26.4 Å². The molecule has 0 amide bonds. The van der Waals surface area contributed by atoms with Crippen molar-refractivity contribution in [1.29, 1.82) is 0 Å². The Balaban J connectivity index is 2.86. The molecule has 0 aliphatic heterocycles. The Morgan fingerprint density at radius 1 is 1.25 bits per heavy atom. The topological polar surface area (TPSA) is 30.5 Å². The summed E-state index contributed by atoms with van der Waals surface area (Å²) >= 11 is 0. The van der Waals surface area contributed by atoms with Crippen LogP contribution >= 0.6 is 0 Å². The maximum atomic E-state index is 12.4. The number of benzene rings is 1. The average Bonchev–Trinajstić information content (AvgIpc) is 2.42. The fourth-order valence-corrected chi connectivity index (χ4v) is 1.66. The van der Waals surface area contributed by atoms with E-state index in [4.69, 9.17) is 9.47 Å². The summed E-state index contributed by atoms with van der Waals surface area (Å²) in [4.78, 5) is 0. The molecular weight excluding hydrogens is 271 g/mol. The molecule has 0 aliphatic rings. The van der Waals surface area contributed by atoms with Crippen LogP contribution in [0.3, 0.4) is 0 Å². The lowest BCUT2D eigenvalue weighted by Crippen LogP contribution is -2.28. The van der Waals surface area contributed by atoms with Gasteiger partial charge < -0.3 is 14.8 Å². The number of alkyl halides is 3. The SMILES string of the molecule is CNC(C)c1ccc(OC)c(COC(C)C(F)(F)F)c1. The Morgan fingerprint density at radius 2 is 1.90 bits per heavy atom. The van der Waals surface area contributed by atoms with Crippen molar-refractivity contribution in [3.8, 4) is 5.75 Å². The zero-order valence-electron chi connectivity index (χ0n) is 12.0. The summed E-state index contributed by atoms with van der Waals surface area (Å²) in [5, 5.41) is 3.07. The highest BCUT2D eigenvalue weighted by atomic mass is 19.4. The fourth-order valence-electron chi connectivity index (χ4n) is 1.66. The molecule has 1 rings (SSSR count). The molecule has 0 aliphatic carbocycles. The highest BCUT2D eigenvalue weighted by Crippen LogP contribution is 2.27. The molecule has 1 aromatic carbocycles. The Morgan fingerprint density at radius 3 is 2.40 bits per heavy atom. The smallest absolute Gasteiger partial charge is 0.414 e. The van der Waals surface area contributed by atoms with E-state index in [1.54, 1.807) is 12.1 Å². The van der Waals surface area contributed by atoms with Crippen LogP contribution in [0.25, 0.3) is 0 Å². The highest BCUT2D eigenvalue weighted by molar-refractivity contribution is 5.38. The Labute approximate surface area is 117 Å². The predicted octanol–water partition coefficient (Wildman–Crippen LogP) is 3.44. The van der Waals surface area contributed by atoms with Crippen molar-refractivity contribution in [2.75, 3.05) is 14.2 Å². The van der Waals surface area contributed by atoms with Gasteiger partial charge in [0.05, 0.1) is 13.7 Å². The molecule has 2 unspecified atom stereocenters. The van der Waals surface area contributed by atoms with Crippen LogP contribution < -0.4 is 10.1 Å². The summed E-state index contributed by atoms with van der Waals surface area (Å²) in [5.74, 6) is 0.520. The Hall–Kier alpha value is -1.27. The van der Waals surface area contributed by atoms with Crippen molar-refractivity contribution in [3.63, 3.8) is 0 Å². The van der Waals surface area contributed by atoms with E-state index in [0.29, 0.717) is 11.3 Å². The third-order valence-corrected chi connectivity index (χ3v) is 3.19. The van der Waals surface area contributed by atoms with E-state index >= 15 is 0 Å². The summed E-state index contributed by atoms with van der Waals surface area (Å²) in [7, 11) is 3.30. The van der Waals surface area contributed by atoms with Gasteiger partial charge in [0.2, 0.25) is 0 Å². The summed E-state index contributed by atoms with van der Waals surface area (Å²) in [6, 6.07) is 5.50. The number of rotatable bonds is 6. The number of ether oxygens (including phenoxy) is 2. The molecule has 0 aromatic heterocycles. The van der Waals surface area contributed by atoms with Crippen LogP contribution in [0.1, 0.15) is 31.0 Å². The first kappa shape index (κ1) is 16.8. The molecule has 0 heterocycles. The second kappa shape index (κ2) is 6.95. The number of nitrogens with one attached hydrogen (secondary N) is 1. The van der Waals surface area contributed by atoms with Gasteiger partial charge in [-0.1, -0.05) is 6.07 Å². The first-order valence-corrected chi connectivity index (χ1v) is 6.32. The van der Waals surface area contributed by atoms with Crippen molar-refractivity contribution >= 4 is 0 Å². The zero-order chi connectivity index (χ0) is 15.3. The largest absolute Gasteiger partial charge is 0.496 e. The van der Waals surface area contributed by atoms with Crippen LogP contribution in [-0.2, 0) is 11.3 Å². The van der Waals surface area contributed by atoms with Gasteiger partial charge in [-0.05, 0) is 38.6 Å². The molecule has 0 spiro atoms. The van der Waals surface area contributed by atoms with Gasteiger partial charge in [0.1, 0.15) is 5.75 Å². The van der Waals surface area contributed by atoms with Gasteiger partial charge in [0.25, 0.3) is 0 Å². The third kappa shape index (κ3) is 4.38. The van der Waals surface area contributed by atoms with Gasteiger partial charge in [-0.15, -0.1) is 0 Å². The van der Waals surface area contributed by atoms with Gasteiger partial charge in [0, 0.05) is 11.6 Å². The summed E-state index contributed by atoms with van der Waals surface area (Å²) < 4.78 is 47.3. The molecule has 2 atom stereocenters. The minimum absolute atomic E-state index is 0.0969. The van der Waals surface area contributed by atoms with E-state index in [2.05, 4.69) is 5.32 Å². The first-order valence-electron chi connectivity index (χ1n) is 6.32. The summed E-state index contributed by atoms with van der Waals surface area (Å²) in [5.41, 5.74) is 1.56. The normalized spacial score (nSPS) is 14.9. The minimum Gasteiger partial charge on any atom is -0.496 e. The molecule has 0 fully saturated rings. The molecule has 114 valence electrons. The van der Waals surface area contributed by atoms with E-state index in [1.165, 1.54) is 7.11 Å². The standard InChI is InChI=1S/C14H20F3NO2/c1-9(18-3)11-5-6-13(19-4)12(7-11)8-20-10(2)14(15,16)17/h5-7,9-10,18H,8H2,1-4H3. The minimum atomic E-state index is -4.36. The lowest BCUT2D eigenvalue weighted by atomic mass is 10.0. The molecule has 0 radical (unpaired) electrons. The predicted molar refractivity (Wildman–Crippen MR) is 70.8 cm³/mol. The Kier molecular flexibility index (Phi) is 5.83. The van der Waals surface area contributed by atoms with Crippen molar-refractivity contribution in [2.45, 2.75) is 38.8 Å². The van der Waals surface area contributed by atoms with Gasteiger partial charge >= 0.3 is 6.18 Å². The van der Waals surface area contributed by atoms with Crippen LogP contribution in [0.4, 0.5) is 13.2 Å². The van der Waals surface area contributed by atoms with E-state index in [-0.39, 0.29) is 12.6 Å². The monoisotopic (exact) mass is 291 g/mol. The van der Waals surface area contributed by atoms with Crippen molar-refractivity contribution in [1.82, 2.24) is 5.32 Å². The lowest BCUT2D eigenvalue weighted by molar-refractivity contribution is -0.217. The quantitative estimate of drug-likeness (QED) is 0.871. The summed E-state index contributed by atoms with van der Waals surface area (Å²) in [6.07, 6.45) is -6.17. The van der Waals surface area contributed by atoms with Gasteiger partial charge in [0.15, 0.2) is 6.10 Å². The third-order valence-electron chi connectivity index (χ3n) is 3.19. The van der Waals surface area contributed by atoms with E-state index < -0.39 is 12.3 Å². The first-order chi connectivity index (χ1) is 9.29. The maximum absolute atomic E-state index is 12.4. The van der Waals surface area contributed by atoms with Crippen LogP contribution in [0.15, 0.2) is 18.2 Å². The zero-order valence-corrected chi connectivity index (χ0v) is 12.0. The van der Waals surface area contributed by atoms with Crippen molar-refractivity contribution in [3.05, 3.63) is 29.3 Å². The van der Waals surface area contributed by atoms with Gasteiger partial charge in [-0.2, -0.15) is 13.2 Å². The molecule has 1 aromatic rings. The number of methoxy groups -OCH3 is 1. The van der Waals surface area contributed by atoms with E-state index in [0.717, 1.165) is 12.5 Å². The van der Waals surface area contributed by atoms with E-state index in [1.807, 2.05) is 20.0 Å². The summed E-state index contributed by atoms with van der Waals surface area (Å²) in [6.45, 7) is 2.81. The molecule has 0 saturated heterocycles. The van der Waals surface area contributed by atoms with Crippen LogP contribution in [0.5, 0.6) is 5.75 Å². The molecular formula is C14H20F3NO2. The van der Waals surface area contributed by atoms with Crippen LogP contribution in [0.2, 0.25) is 0 Å². The van der Waals surface area contributed by atoms with Crippen molar-refractivity contribution in [2.24, 2.45) is 0 Å². The average molecular weight is 291 g/mol. The van der Waals surface area contributed by atoms with Crippen LogP contribution in [0, 0.1) is 0 Å². The van der Waals surface area contributed by atoms with Crippen molar-refractivity contribution < 1.29 is 22.6 Å². The molecule has 20 heavy (non-hydrogen) atoms. The maximum Gasteiger partial charge on any atom is 0.414 e. The molecule has 6 heteroatoms. The molecule has 0 bridgehead atoms. The second-order valence-electron chi connectivity index (χ2n) is 4.58. The molecule has 0 saturated carbocycles. The highest BCUT2D eigenvalue weighted by Gasteiger charge is 2.36. The van der Waals surface area contributed by atoms with Gasteiger partial charge in [-0.25, -0.2) is 0 Å². The second-order valence-corrected chi connectivity index (χ2v) is 4.58. The number of halogens is 3. The number of hydrogen-bond donors (Lipinski definition) is 1. The molecule has 1 N–H and O–H groups in total. The van der Waals surface area contributed by atoms with Gasteiger partial charge in [-0.3, -0.25) is 0 Å². The van der Waals surface area contributed by atoms with E-state index in [9.17, 15) is 13.2 Å². The molecule has 3 nitrogen and oxygen atoms in total. The fraction of sp³-hybridized carbons (Fsp3) is 0.571.